The second kappa shape index (κ2) is 10.2. The Kier molecular flexibility index (Phi) is 7.13. The van der Waals surface area contributed by atoms with Crippen molar-refractivity contribution in [1.82, 2.24) is 5.43 Å². The zero-order valence-corrected chi connectivity index (χ0v) is 16.9. The summed E-state index contributed by atoms with van der Waals surface area (Å²) in [7, 11) is 0. The van der Waals surface area contributed by atoms with Gasteiger partial charge in [-0.15, -0.1) is 0 Å². The first-order valence-corrected chi connectivity index (χ1v) is 9.57. The summed E-state index contributed by atoms with van der Waals surface area (Å²) in [6, 6.07) is 24.0. The van der Waals surface area contributed by atoms with Crippen LogP contribution in [0.4, 0.5) is 5.69 Å². The highest BCUT2D eigenvalue weighted by molar-refractivity contribution is 9.10. The third-order valence-electron chi connectivity index (χ3n) is 3.83. The number of rotatable bonds is 6. The topological polar surface area (TPSA) is 79.8 Å². The molecular weight excluding hydrogens is 434 g/mol. The molecule has 3 aromatic carbocycles. The Hall–Kier alpha value is -3.45. The number of nitrogens with zero attached hydrogens (tertiary/aromatic N) is 1. The number of halogens is 1. The van der Waals surface area contributed by atoms with Crippen LogP contribution in [0.3, 0.4) is 0 Å². The molecule has 0 bridgehead atoms. The molecule has 0 saturated carbocycles. The van der Waals surface area contributed by atoms with Crippen LogP contribution in [0, 0.1) is 0 Å². The van der Waals surface area contributed by atoms with Gasteiger partial charge in [0.05, 0.1) is 6.21 Å². The number of amides is 2. The van der Waals surface area contributed by atoms with Gasteiger partial charge < -0.3 is 10.1 Å². The Morgan fingerprint density at radius 2 is 1.59 bits per heavy atom. The largest absolute Gasteiger partial charge is 0.488 e. The van der Waals surface area contributed by atoms with Gasteiger partial charge in [0.25, 0.3) is 0 Å². The molecule has 0 aliphatic rings. The molecule has 0 heterocycles. The number of nitrogens with one attached hydrogen (secondary N) is 2. The maximum absolute atomic E-state index is 11.9. The van der Waals surface area contributed by atoms with Crippen LogP contribution >= 0.6 is 15.9 Å². The van der Waals surface area contributed by atoms with Crippen LogP contribution < -0.4 is 15.5 Å². The summed E-state index contributed by atoms with van der Waals surface area (Å²) >= 11 is 3.31. The van der Waals surface area contributed by atoms with Gasteiger partial charge in [-0.05, 0) is 42.0 Å². The van der Waals surface area contributed by atoms with E-state index in [-0.39, 0.29) is 0 Å². The minimum atomic E-state index is -0.869. The first kappa shape index (κ1) is 20.3. The van der Waals surface area contributed by atoms with Crippen LogP contribution in [-0.2, 0) is 16.2 Å². The fourth-order valence-corrected chi connectivity index (χ4v) is 2.65. The number of para-hydroxylation sites is 1. The first-order chi connectivity index (χ1) is 14.1. The number of ether oxygens (including phenoxy) is 1. The van der Waals surface area contributed by atoms with E-state index in [9.17, 15) is 9.59 Å². The van der Waals surface area contributed by atoms with E-state index in [1.165, 1.54) is 6.21 Å². The Labute approximate surface area is 176 Å². The van der Waals surface area contributed by atoms with E-state index in [0.717, 1.165) is 10.0 Å². The standard InChI is InChI=1S/C22H18BrN3O3/c23-18-10-12-19(13-11-18)25-21(27)22(28)26-24-14-17-8-4-5-9-20(17)29-15-16-6-2-1-3-7-16/h1-14H,15H2,(H,25,27)(H,26,28)/b24-14+. The molecule has 0 saturated heterocycles. The van der Waals surface area contributed by atoms with Gasteiger partial charge in [-0.1, -0.05) is 58.4 Å². The molecule has 0 radical (unpaired) electrons. The summed E-state index contributed by atoms with van der Waals surface area (Å²) in [5.41, 5.74) is 4.45. The minimum Gasteiger partial charge on any atom is -0.488 e. The number of benzene rings is 3. The van der Waals surface area contributed by atoms with Crippen LogP contribution in [0.5, 0.6) is 5.75 Å². The Bertz CT molecular complexity index is 1010. The molecular formula is C22H18BrN3O3. The summed E-state index contributed by atoms with van der Waals surface area (Å²) < 4.78 is 6.70. The quantitative estimate of drug-likeness (QED) is 0.336. The van der Waals surface area contributed by atoms with Crippen molar-refractivity contribution in [3.05, 3.63) is 94.5 Å². The second-order valence-electron chi connectivity index (χ2n) is 5.97. The molecule has 2 N–H and O–H groups in total. The maximum Gasteiger partial charge on any atom is 0.329 e. The zero-order chi connectivity index (χ0) is 20.5. The molecule has 3 aromatic rings. The fourth-order valence-electron chi connectivity index (χ4n) is 2.39. The van der Waals surface area contributed by atoms with Crippen LogP contribution in [0.2, 0.25) is 0 Å². The van der Waals surface area contributed by atoms with Gasteiger partial charge in [0, 0.05) is 15.7 Å². The van der Waals surface area contributed by atoms with Crippen molar-refractivity contribution in [3.63, 3.8) is 0 Å². The van der Waals surface area contributed by atoms with Crippen molar-refractivity contribution in [1.29, 1.82) is 0 Å². The Balaban J connectivity index is 1.56. The van der Waals surface area contributed by atoms with Gasteiger partial charge in [0.15, 0.2) is 0 Å². The SMILES string of the molecule is O=C(N/N=C/c1ccccc1OCc1ccccc1)C(=O)Nc1ccc(Br)cc1. The van der Waals surface area contributed by atoms with E-state index in [1.54, 1.807) is 30.3 Å². The third-order valence-corrected chi connectivity index (χ3v) is 4.36. The van der Waals surface area contributed by atoms with Crippen molar-refractivity contribution >= 4 is 39.6 Å². The normalized spacial score (nSPS) is 10.5. The average molecular weight is 452 g/mol. The number of carbonyl (C=O) groups is 2. The molecule has 0 aromatic heterocycles. The third kappa shape index (κ3) is 6.29. The van der Waals surface area contributed by atoms with Gasteiger partial charge in [-0.2, -0.15) is 5.10 Å². The molecule has 0 atom stereocenters. The lowest BCUT2D eigenvalue weighted by Crippen LogP contribution is -2.32. The van der Waals surface area contributed by atoms with Crippen molar-refractivity contribution in [3.8, 4) is 5.75 Å². The molecule has 0 aliphatic heterocycles. The highest BCUT2D eigenvalue weighted by Crippen LogP contribution is 2.17. The van der Waals surface area contributed by atoms with E-state index >= 15 is 0 Å². The lowest BCUT2D eigenvalue weighted by molar-refractivity contribution is -0.136. The van der Waals surface area contributed by atoms with E-state index < -0.39 is 11.8 Å². The average Bonchev–Trinajstić information content (AvgIpc) is 2.75. The van der Waals surface area contributed by atoms with E-state index in [1.807, 2.05) is 48.5 Å². The molecule has 7 heteroatoms. The van der Waals surface area contributed by atoms with Gasteiger partial charge in [-0.25, -0.2) is 5.43 Å². The molecule has 0 unspecified atom stereocenters. The summed E-state index contributed by atoms with van der Waals surface area (Å²) in [5.74, 6) is -1.06. The summed E-state index contributed by atoms with van der Waals surface area (Å²) in [6.07, 6.45) is 1.44. The number of hydrogen-bond acceptors (Lipinski definition) is 4. The summed E-state index contributed by atoms with van der Waals surface area (Å²) in [4.78, 5) is 23.9. The molecule has 0 aliphatic carbocycles. The number of carbonyl (C=O) groups excluding carboxylic acids is 2. The number of hydrogen-bond donors (Lipinski definition) is 2. The van der Waals surface area contributed by atoms with Crippen LogP contribution in [-0.4, -0.2) is 18.0 Å². The zero-order valence-electron chi connectivity index (χ0n) is 15.3. The predicted octanol–water partition coefficient (Wildman–Crippen LogP) is 4.12. The van der Waals surface area contributed by atoms with Crippen molar-refractivity contribution in [2.45, 2.75) is 6.61 Å². The van der Waals surface area contributed by atoms with Crippen LogP contribution in [0.25, 0.3) is 0 Å². The molecule has 0 fully saturated rings. The molecule has 2 amide bonds. The number of anilines is 1. The second-order valence-corrected chi connectivity index (χ2v) is 6.89. The highest BCUT2D eigenvalue weighted by atomic mass is 79.9. The highest BCUT2D eigenvalue weighted by Gasteiger charge is 2.12. The molecule has 0 spiro atoms. The summed E-state index contributed by atoms with van der Waals surface area (Å²) in [5, 5.41) is 6.36. The van der Waals surface area contributed by atoms with E-state index in [4.69, 9.17) is 4.74 Å². The van der Waals surface area contributed by atoms with Gasteiger partial charge in [0.1, 0.15) is 12.4 Å². The van der Waals surface area contributed by atoms with Gasteiger partial charge >= 0.3 is 11.8 Å². The van der Waals surface area contributed by atoms with E-state index in [0.29, 0.717) is 23.6 Å². The molecule has 6 nitrogen and oxygen atoms in total. The lowest BCUT2D eigenvalue weighted by Gasteiger charge is -2.09. The predicted molar refractivity (Wildman–Crippen MR) is 116 cm³/mol. The van der Waals surface area contributed by atoms with Gasteiger partial charge in [-0.3, -0.25) is 9.59 Å². The maximum atomic E-state index is 11.9. The molecule has 29 heavy (non-hydrogen) atoms. The van der Waals surface area contributed by atoms with Crippen molar-refractivity contribution < 1.29 is 14.3 Å². The number of hydrazone groups is 1. The molecule has 3 rings (SSSR count). The van der Waals surface area contributed by atoms with Crippen LogP contribution in [0.1, 0.15) is 11.1 Å². The minimum absolute atomic E-state index is 0.410. The smallest absolute Gasteiger partial charge is 0.329 e. The van der Waals surface area contributed by atoms with Crippen molar-refractivity contribution in [2.75, 3.05) is 5.32 Å². The van der Waals surface area contributed by atoms with E-state index in [2.05, 4.69) is 31.8 Å². The Morgan fingerprint density at radius 1 is 0.897 bits per heavy atom. The lowest BCUT2D eigenvalue weighted by atomic mass is 10.2. The molecule has 146 valence electrons. The van der Waals surface area contributed by atoms with Crippen molar-refractivity contribution in [2.24, 2.45) is 5.10 Å². The first-order valence-electron chi connectivity index (χ1n) is 8.77. The Morgan fingerprint density at radius 3 is 2.34 bits per heavy atom. The summed E-state index contributed by atoms with van der Waals surface area (Å²) in [6.45, 7) is 0.410. The fraction of sp³-hybridized carbons (Fsp3) is 0.0455. The van der Waals surface area contributed by atoms with Gasteiger partial charge in [0.2, 0.25) is 0 Å². The monoisotopic (exact) mass is 451 g/mol. The van der Waals surface area contributed by atoms with Crippen LogP contribution in [0.15, 0.2) is 88.4 Å².